The lowest BCUT2D eigenvalue weighted by Gasteiger charge is -2.19. The molecular weight excluding hydrogens is 353 g/mol. The normalized spacial score (nSPS) is 27.4. The Hall–Kier alpha value is -2.34. The van der Waals surface area contributed by atoms with Crippen molar-refractivity contribution in [1.29, 1.82) is 0 Å². The molecule has 6 heteroatoms. The second-order valence-corrected chi connectivity index (χ2v) is 7.36. The molecular formula is C21H21F3N2O. The van der Waals surface area contributed by atoms with E-state index in [1.165, 1.54) is 17.7 Å². The maximum Gasteiger partial charge on any atom is 0.416 e. The smallest absolute Gasteiger partial charge is 0.352 e. The van der Waals surface area contributed by atoms with Crippen molar-refractivity contribution >= 4 is 5.91 Å². The highest BCUT2D eigenvalue weighted by Crippen LogP contribution is 2.41. The molecule has 142 valence electrons. The van der Waals surface area contributed by atoms with Crippen molar-refractivity contribution in [2.24, 2.45) is 5.92 Å². The standard InChI is InChI=1S/C21H21F3N2O/c22-21(23,24)15-8-6-14(7-9-15)17-11-25-12-18(17)20(27)26-19-10-16(19)13-4-2-1-3-5-13/h1-9,16-19,25H,10-12H2,(H,26,27)/t16-,17-,18+,19+/m0/s1. The fourth-order valence-corrected chi connectivity index (χ4v) is 3.94. The lowest BCUT2D eigenvalue weighted by Crippen LogP contribution is -2.36. The molecule has 4 atom stereocenters. The summed E-state index contributed by atoms with van der Waals surface area (Å²) in [4.78, 5) is 12.8. The van der Waals surface area contributed by atoms with E-state index >= 15 is 0 Å². The monoisotopic (exact) mass is 374 g/mol. The average molecular weight is 374 g/mol. The van der Waals surface area contributed by atoms with Crippen LogP contribution in [-0.4, -0.2) is 25.0 Å². The van der Waals surface area contributed by atoms with Gasteiger partial charge in [0.2, 0.25) is 5.91 Å². The van der Waals surface area contributed by atoms with Gasteiger partial charge in [-0.2, -0.15) is 13.2 Å². The van der Waals surface area contributed by atoms with Gasteiger partial charge < -0.3 is 10.6 Å². The van der Waals surface area contributed by atoms with Crippen LogP contribution in [0.4, 0.5) is 13.2 Å². The summed E-state index contributed by atoms with van der Waals surface area (Å²) in [5.74, 6) is -0.0395. The molecule has 4 rings (SSSR count). The predicted molar refractivity (Wildman–Crippen MR) is 96.3 cm³/mol. The maximum absolute atomic E-state index is 12.8. The molecule has 3 nitrogen and oxygen atoms in total. The lowest BCUT2D eigenvalue weighted by molar-refractivity contribution is -0.137. The van der Waals surface area contributed by atoms with E-state index in [1.807, 2.05) is 18.2 Å². The van der Waals surface area contributed by atoms with Crippen LogP contribution in [0.15, 0.2) is 54.6 Å². The summed E-state index contributed by atoms with van der Waals surface area (Å²) in [7, 11) is 0. The van der Waals surface area contributed by atoms with Crippen LogP contribution in [0.25, 0.3) is 0 Å². The molecule has 27 heavy (non-hydrogen) atoms. The van der Waals surface area contributed by atoms with E-state index in [-0.39, 0.29) is 23.8 Å². The van der Waals surface area contributed by atoms with Gasteiger partial charge >= 0.3 is 6.18 Å². The Bertz CT molecular complexity index is 804. The Morgan fingerprint density at radius 3 is 2.26 bits per heavy atom. The number of halogens is 3. The quantitative estimate of drug-likeness (QED) is 0.857. The first kappa shape index (κ1) is 18.0. The summed E-state index contributed by atoms with van der Waals surface area (Å²) in [5, 5.41) is 6.32. The molecule has 2 aromatic carbocycles. The summed E-state index contributed by atoms with van der Waals surface area (Å²) < 4.78 is 38.3. The molecule has 2 N–H and O–H groups in total. The van der Waals surface area contributed by atoms with Crippen LogP contribution in [-0.2, 0) is 11.0 Å². The number of carbonyl (C=O) groups is 1. The molecule has 0 unspecified atom stereocenters. The molecule has 1 heterocycles. The van der Waals surface area contributed by atoms with Gasteiger partial charge in [-0.05, 0) is 29.7 Å². The van der Waals surface area contributed by atoms with Crippen molar-refractivity contribution in [1.82, 2.24) is 10.6 Å². The van der Waals surface area contributed by atoms with Gasteiger partial charge in [0.05, 0.1) is 11.5 Å². The number of hydrogen-bond donors (Lipinski definition) is 2. The zero-order chi connectivity index (χ0) is 19.0. The molecule has 1 saturated carbocycles. The highest BCUT2D eigenvalue weighted by molar-refractivity contribution is 5.81. The zero-order valence-corrected chi connectivity index (χ0v) is 14.7. The van der Waals surface area contributed by atoms with E-state index < -0.39 is 11.7 Å². The molecule has 1 aliphatic carbocycles. The Morgan fingerprint density at radius 2 is 1.59 bits per heavy atom. The maximum atomic E-state index is 12.8. The van der Waals surface area contributed by atoms with E-state index in [4.69, 9.17) is 0 Å². The van der Waals surface area contributed by atoms with Gasteiger partial charge in [-0.3, -0.25) is 4.79 Å². The minimum Gasteiger partial charge on any atom is -0.352 e. The molecule has 0 aromatic heterocycles. The van der Waals surface area contributed by atoms with E-state index in [0.717, 1.165) is 24.1 Å². The number of rotatable bonds is 4. The first-order valence-electron chi connectivity index (χ1n) is 9.16. The van der Waals surface area contributed by atoms with Crippen molar-refractivity contribution in [2.75, 3.05) is 13.1 Å². The summed E-state index contributed by atoms with van der Waals surface area (Å²) in [6, 6.07) is 15.4. The minimum absolute atomic E-state index is 0.0201. The highest BCUT2D eigenvalue weighted by Gasteiger charge is 2.42. The van der Waals surface area contributed by atoms with Gasteiger partial charge in [0.15, 0.2) is 0 Å². The first-order chi connectivity index (χ1) is 12.9. The van der Waals surface area contributed by atoms with E-state index in [1.54, 1.807) is 0 Å². The summed E-state index contributed by atoms with van der Waals surface area (Å²) in [6.45, 7) is 1.14. The number of amides is 1. The van der Waals surface area contributed by atoms with Gasteiger partial charge in [-0.15, -0.1) is 0 Å². The Labute approximate surface area is 156 Å². The summed E-state index contributed by atoms with van der Waals surface area (Å²) >= 11 is 0. The van der Waals surface area contributed by atoms with Gasteiger partial charge in [0, 0.05) is 31.0 Å². The zero-order valence-electron chi connectivity index (χ0n) is 14.7. The molecule has 0 spiro atoms. The van der Waals surface area contributed by atoms with Gasteiger partial charge in [-0.1, -0.05) is 42.5 Å². The Kier molecular flexibility index (Phi) is 4.68. The van der Waals surface area contributed by atoms with Crippen molar-refractivity contribution in [3.63, 3.8) is 0 Å². The highest BCUT2D eigenvalue weighted by atomic mass is 19.4. The molecule has 0 radical (unpaired) electrons. The lowest BCUT2D eigenvalue weighted by atomic mass is 9.88. The topological polar surface area (TPSA) is 41.1 Å². The van der Waals surface area contributed by atoms with Crippen LogP contribution in [0.3, 0.4) is 0 Å². The van der Waals surface area contributed by atoms with E-state index in [9.17, 15) is 18.0 Å². The van der Waals surface area contributed by atoms with Crippen molar-refractivity contribution in [2.45, 2.75) is 30.5 Å². The fourth-order valence-electron chi connectivity index (χ4n) is 3.94. The van der Waals surface area contributed by atoms with Gasteiger partial charge in [-0.25, -0.2) is 0 Å². The number of carbonyl (C=O) groups excluding carboxylic acids is 1. The Balaban J connectivity index is 1.40. The predicted octanol–water partition coefficient (Wildman–Crippen LogP) is 3.68. The van der Waals surface area contributed by atoms with Crippen LogP contribution in [0, 0.1) is 5.92 Å². The number of benzene rings is 2. The molecule has 2 aromatic rings. The minimum atomic E-state index is -4.35. The molecule has 1 aliphatic heterocycles. The molecule has 0 bridgehead atoms. The second-order valence-electron chi connectivity index (χ2n) is 7.36. The molecule has 1 saturated heterocycles. The molecule has 2 aliphatic rings. The Morgan fingerprint density at radius 1 is 0.926 bits per heavy atom. The number of alkyl halides is 3. The number of hydrogen-bond acceptors (Lipinski definition) is 2. The van der Waals surface area contributed by atoms with Crippen molar-refractivity contribution < 1.29 is 18.0 Å². The van der Waals surface area contributed by atoms with Crippen molar-refractivity contribution in [3.8, 4) is 0 Å². The fraction of sp³-hybridized carbons (Fsp3) is 0.381. The first-order valence-corrected chi connectivity index (χ1v) is 9.16. The second kappa shape index (κ2) is 7.00. The van der Waals surface area contributed by atoms with Crippen LogP contribution in [0.5, 0.6) is 0 Å². The van der Waals surface area contributed by atoms with E-state index in [0.29, 0.717) is 19.0 Å². The SMILES string of the molecule is O=C(N[C@@H]1C[C@H]1c1ccccc1)[C@@H]1CNC[C@H]1c1ccc(C(F)(F)F)cc1. The third kappa shape index (κ3) is 3.86. The van der Waals surface area contributed by atoms with Crippen LogP contribution in [0.1, 0.15) is 34.9 Å². The summed E-state index contributed by atoms with van der Waals surface area (Å²) in [5.41, 5.74) is 1.33. The third-order valence-electron chi connectivity index (χ3n) is 5.56. The van der Waals surface area contributed by atoms with Crippen LogP contribution in [0.2, 0.25) is 0 Å². The third-order valence-corrected chi connectivity index (χ3v) is 5.56. The summed E-state index contributed by atoms with van der Waals surface area (Å²) in [6.07, 6.45) is -3.41. The van der Waals surface area contributed by atoms with Crippen LogP contribution >= 0.6 is 0 Å². The van der Waals surface area contributed by atoms with Gasteiger partial charge in [0.1, 0.15) is 0 Å². The van der Waals surface area contributed by atoms with Crippen molar-refractivity contribution in [3.05, 3.63) is 71.3 Å². The largest absolute Gasteiger partial charge is 0.416 e. The number of nitrogens with one attached hydrogen (secondary N) is 2. The van der Waals surface area contributed by atoms with Crippen LogP contribution < -0.4 is 10.6 Å². The van der Waals surface area contributed by atoms with Gasteiger partial charge in [0.25, 0.3) is 0 Å². The average Bonchev–Trinajstić information content (AvgIpc) is 3.24. The molecule has 2 fully saturated rings. The molecule has 1 amide bonds. The van der Waals surface area contributed by atoms with E-state index in [2.05, 4.69) is 22.8 Å².